The summed E-state index contributed by atoms with van der Waals surface area (Å²) < 4.78 is 12.9. The van der Waals surface area contributed by atoms with E-state index in [0.717, 1.165) is 24.2 Å². The Morgan fingerprint density at radius 1 is 1.10 bits per heavy atom. The maximum absolute atomic E-state index is 12.9. The highest BCUT2D eigenvalue weighted by Crippen LogP contribution is 2.19. The Hall–Kier alpha value is -1.58. The molecule has 2 aromatic carbocycles. The quantitative estimate of drug-likeness (QED) is 0.902. The van der Waals surface area contributed by atoms with Crippen LogP contribution in [0.2, 0.25) is 5.02 Å². The molecule has 0 aromatic heterocycles. The molecule has 0 fully saturated rings. The second kappa shape index (κ2) is 6.73. The lowest BCUT2D eigenvalue weighted by molar-refractivity contribution is 0.626. The second-order valence-electron chi connectivity index (χ2n) is 4.84. The summed E-state index contributed by atoms with van der Waals surface area (Å²) in [5.41, 5.74) is 8.22. The zero-order chi connectivity index (χ0) is 14.5. The van der Waals surface area contributed by atoms with Crippen LogP contribution in [0.5, 0.6) is 0 Å². The zero-order valence-corrected chi connectivity index (χ0v) is 12.1. The smallest absolute Gasteiger partial charge is 0.123 e. The van der Waals surface area contributed by atoms with Crippen molar-refractivity contribution in [2.75, 3.05) is 18.5 Å². The van der Waals surface area contributed by atoms with E-state index in [0.29, 0.717) is 5.02 Å². The summed E-state index contributed by atoms with van der Waals surface area (Å²) in [5, 5.41) is 0.712. The van der Waals surface area contributed by atoms with Crippen molar-refractivity contribution < 1.29 is 4.39 Å². The molecule has 1 atom stereocenters. The lowest BCUT2D eigenvalue weighted by atomic mass is 10.0. The first-order chi connectivity index (χ1) is 9.56. The average Bonchev–Trinajstić information content (AvgIpc) is 2.46. The fraction of sp³-hybridized carbons (Fsp3) is 0.250. The molecule has 106 valence electrons. The van der Waals surface area contributed by atoms with Crippen molar-refractivity contribution in [3.8, 4) is 0 Å². The van der Waals surface area contributed by atoms with Crippen molar-refractivity contribution in [1.29, 1.82) is 0 Å². The van der Waals surface area contributed by atoms with E-state index >= 15 is 0 Å². The van der Waals surface area contributed by atoms with Crippen LogP contribution >= 0.6 is 11.6 Å². The minimum Gasteiger partial charge on any atom is -0.375 e. The van der Waals surface area contributed by atoms with Crippen LogP contribution in [-0.2, 0) is 0 Å². The number of anilines is 1. The molecule has 0 spiro atoms. The monoisotopic (exact) mass is 292 g/mol. The molecule has 2 nitrogen and oxygen atoms in total. The summed E-state index contributed by atoms with van der Waals surface area (Å²) in [6.07, 6.45) is 0.815. The fourth-order valence-corrected chi connectivity index (χ4v) is 2.16. The second-order valence-corrected chi connectivity index (χ2v) is 5.28. The first-order valence-corrected chi connectivity index (χ1v) is 6.92. The van der Waals surface area contributed by atoms with Gasteiger partial charge in [-0.1, -0.05) is 23.7 Å². The number of hydrogen-bond acceptors (Lipinski definition) is 2. The fourth-order valence-electron chi connectivity index (χ4n) is 2.03. The average molecular weight is 293 g/mol. The number of rotatable bonds is 5. The largest absolute Gasteiger partial charge is 0.375 e. The first-order valence-electron chi connectivity index (χ1n) is 6.54. The third-order valence-corrected chi connectivity index (χ3v) is 3.59. The Kier molecular flexibility index (Phi) is 4.99. The molecule has 20 heavy (non-hydrogen) atoms. The SMILES string of the molecule is CN(CCC(N)c1ccc(Cl)cc1)c1ccc(F)cc1. The van der Waals surface area contributed by atoms with E-state index in [-0.39, 0.29) is 11.9 Å². The molecule has 0 aliphatic carbocycles. The van der Waals surface area contributed by atoms with Crippen LogP contribution in [0.1, 0.15) is 18.0 Å². The van der Waals surface area contributed by atoms with Crippen LogP contribution in [-0.4, -0.2) is 13.6 Å². The molecule has 0 heterocycles. The van der Waals surface area contributed by atoms with Crippen LogP contribution < -0.4 is 10.6 Å². The summed E-state index contributed by atoms with van der Waals surface area (Å²) in [6.45, 7) is 0.801. The Bertz CT molecular complexity index is 488. The molecule has 2 aromatic rings. The van der Waals surface area contributed by atoms with Gasteiger partial charge < -0.3 is 10.6 Å². The van der Waals surface area contributed by atoms with Crippen molar-refractivity contribution in [2.24, 2.45) is 5.73 Å². The molecule has 2 rings (SSSR count). The van der Waals surface area contributed by atoms with Gasteiger partial charge in [-0.15, -0.1) is 0 Å². The van der Waals surface area contributed by atoms with Gasteiger partial charge in [0.05, 0.1) is 0 Å². The number of nitrogens with zero attached hydrogens (tertiary/aromatic N) is 1. The van der Waals surface area contributed by atoms with Gasteiger partial charge in [-0.2, -0.15) is 0 Å². The minimum atomic E-state index is -0.222. The van der Waals surface area contributed by atoms with E-state index < -0.39 is 0 Å². The summed E-state index contributed by atoms with van der Waals surface area (Å²) in [7, 11) is 1.97. The summed E-state index contributed by atoms with van der Waals surface area (Å²) in [5.74, 6) is -0.222. The van der Waals surface area contributed by atoms with Crippen LogP contribution in [0.4, 0.5) is 10.1 Å². The molecule has 0 aliphatic heterocycles. The van der Waals surface area contributed by atoms with E-state index in [4.69, 9.17) is 17.3 Å². The van der Waals surface area contributed by atoms with Gasteiger partial charge in [-0.25, -0.2) is 4.39 Å². The van der Waals surface area contributed by atoms with E-state index in [1.807, 2.05) is 31.3 Å². The molecule has 1 unspecified atom stereocenters. The molecular formula is C16H18ClFN2. The van der Waals surface area contributed by atoms with Gasteiger partial charge >= 0.3 is 0 Å². The molecule has 0 bridgehead atoms. The standard InChI is InChI=1S/C16H18ClFN2/c1-20(15-8-6-14(18)7-9-15)11-10-16(19)12-2-4-13(17)5-3-12/h2-9,16H,10-11,19H2,1H3. The van der Waals surface area contributed by atoms with Gasteiger partial charge in [0.1, 0.15) is 5.82 Å². The third kappa shape index (κ3) is 3.95. The van der Waals surface area contributed by atoms with Gasteiger partial charge in [-0.05, 0) is 48.4 Å². The molecule has 0 amide bonds. The highest BCUT2D eigenvalue weighted by molar-refractivity contribution is 6.30. The molecule has 0 saturated heterocycles. The predicted molar refractivity (Wildman–Crippen MR) is 82.7 cm³/mol. The minimum absolute atomic E-state index is 0.0323. The number of halogens is 2. The summed E-state index contributed by atoms with van der Waals surface area (Å²) in [4.78, 5) is 2.06. The van der Waals surface area contributed by atoms with E-state index in [9.17, 15) is 4.39 Å². The Balaban J connectivity index is 1.91. The Morgan fingerprint density at radius 2 is 1.70 bits per heavy atom. The number of benzene rings is 2. The number of nitrogens with two attached hydrogens (primary N) is 1. The summed E-state index contributed by atoms with van der Waals surface area (Å²) in [6, 6.07) is 14.0. The maximum atomic E-state index is 12.9. The van der Waals surface area contributed by atoms with E-state index in [1.54, 1.807) is 12.1 Å². The molecular weight excluding hydrogens is 275 g/mol. The highest BCUT2D eigenvalue weighted by atomic mass is 35.5. The zero-order valence-electron chi connectivity index (χ0n) is 11.4. The summed E-state index contributed by atoms with van der Waals surface area (Å²) >= 11 is 5.86. The lowest BCUT2D eigenvalue weighted by Crippen LogP contribution is -2.23. The predicted octanol–water partition coefficient (Wildman–Crippen LogP) is 4.01. The van der Waals surface area contributed by atoms with E-state index in [2.05, 4.69) is 4.90 Å². The van der Waals surface area contributed by atoms with Crippen molar-refractivity contribution >= 4 is 17.3 Å². The van der Waals surface area contributed by atoms with Crippen LogP contribution in [0.15, 0.2) is 48.5 Å². The van der Waals surface area contributed by atoms with Gasteiger partial charge in [0.25, 0.3) is 0 Å². The van der Waals surface area contributed by atoms with Gasteiger partial charge in [-0.3, -0.25) is 0 Å². The van der Waals surface area contributed by atoms with Crippen molar-refractivity contribution in [3.05, 3.63) is 64.9 Å². The van der Waals surface area contributed by atoms with Crippen LogP contribution in [0.3, 0.4) is 0 Å². The van der Waals surface area contributed by atoms with Crippen molar-refractivity contribution in [3.63, 3.8) is 0 Å². The van der Waals surface area contributed by atoms with Crippen LogP contribution in [0, 0.1) is 5.82 Å². The van der Waals surface area contributed by atoms with E-state index in [1.165, 1.54) is 12.1 Å². The van der Waals surface area contributed by atoms with Gasteiger partial charge in [0, 0.05) is 30.3 Å². The van der Waals surface area contributed by atoms with Gasteiger partial charge in [0.15, 0.2) is 0 Å². The Morgan fingerprint density at radius 3 is 2.30 bits per heavy atom. The van der Waals surface area contributed by atoms with Gasteiger partial charge in [0.2, 0.25) is 0 Å². The number of hydrogen-bond donors (Lipinski definition) is 1. The molecule has 0 radical (unpaired) electrons. The Labute approximate surface area is 124 Å². The molecule has 2 N–H and O–H groups in total. The lowest BCUT2D eigenvalue weighted by Gasteiger charge is -2.21. The van der Waals surface area contributed by atoms with Crippen molar-refractivity contribution in [2.45, 2.75) is 12.5 Å². The molecule has 0 saturated carbocycles. The van der Waals surface area contributed by atoms with Crippen molar-refractivity contribution in [1.82, 2.24) is 0 Å². The van der Waals surface area contributed by atoms with Crippen LogP contribution in [0.25, 0.3) is 0 Å². The third-order valence-electron chi connectivity index (χ3n) is 3.34. The first kappa shape index (κ1) is 14.8. The molecule has 0 aliphatic rings. The normalized spacial score (nSPS) is 12.2. The highest BCUT2D eigenvalue weighted by Gasteiger charge is 2.08. The molecule has 4 heteroatoms. The topological polar surface area (TPSA) is 29.3 Å². The maximum Gasteiger partial charge on any atom is 0.123 e.